The van der Waals surface area contributed by atoms with Gasteiger partial charge < -0.3 is 0 Å². The minimum Gasteiger partial charge on any atom is -0.297 e. The van der Waals surface area contributed by atoms with E-state index >= 15 is 0 Å². The van der Waals surface area contributed by atoms with E-state index < -0.39 is 0 Å². The van der Waals surface area contributed by atoms with Crippen LogP contribution in [0.5, 0.6) is 0 Å². The zero-order chi connectivity index (χ0) is 13.2. The molecule has 0 spiro atoms. The fourth-order valence-corrected chi connectivity index (χ4v) is 2.28. The van der Waals surface area contributed by atoms with Crippen molar-refractivity contribution in [2.45, 2.75) is 0 Å². The van der Waals surface area contributed by atoms with Crippen LogP contribution in [-0.4, -0.2) is 19.5 Å². The van der Waals surface area contributed by atoms with E-state index in [9.17, 15) is 0 Å². The van der Waals surface area contributed by atoms with Crippen molar-refractivity contribution in [1.29, 1.82) is 0 Å². The van der Waals surface area contributed by atoms with Gasteiger partial charge in [-0.1, -0.05) is 23.2 Å². The third-order valence-electron chi connectivity index (χ3n) is 2.60. The van der Waals surface area contributed by atoms with Gasteiger partial charge in [0.15, 0.2) is 5.82 Å². The van der Waals surface area contributed by atoms with Gasteiger partial charge in [-0.3, -0.25) is 9.55 Å². The number of hydrogen-bond acceptors (Lipinski definition) is 3. The molecule has 0 bridgehead atoms. The average molecular weight is 291 g/mol. The van der Waals surface area contributed by atoms with E-state index in [0.29, 0.717) is 21.6 Å². The number of rotatable bonds is 2. The van der Waals surface area contributed by atoms with Crippen LogP contribution in [0.1, 0.15) is 0 Å². The summed E-state index contributed by atoms with van der Waals surface area (Å²) in [6.45, 7) is 0. The predicted molar refractivity (Wildman–Crippen MR) is 74.6 cm³/mol. The van der Waals surface area contributed by atoms with Gasteiger partial charge in [-0.15, -0.1) is 0 Å². The minimum atomic E-state index is 0.552. The van der Waals surface area contributed by atoms with Crippen molar-refractivity contribution >= 4 is 23.2 Å². The molecule has 1 aromatic carbocycles. The summed E-state index contributed by atoms with van der Waals surface area (Å²) in [5, 5.41) is 1.14. The number of halogens is 2. The van der Waals surface area contributed by atoms with E-state index in [0.717, 1.165) is 5.69 Å². The van der Waals surface area contributed by atoms with Crippen LogP contribution < -0.4 is 0 Å². The Balaban J connectivity index is 2.15. The summed E-state index contributed by atoms with van der Waals surface area (Å²) in [5.74, 6) is 0.678. The molecule has 94 valence electrons. The van der Waals surface area contributed by atoms with Crippen molar-refractivity contribution in [1.82, 2.24) is 19.5 Å². The van der Waals surface area contributed by atoms with Crippen molar-refractivity contribution < 1.29 is 0 Å². The smallest absolute Gasteiger partial charge is 0.164 e. The molecule has 2 aromatic heterocycles. The van der Waals surface area contributed by atoms with E-state index in [1.165, 1.54) is 0 Å². The lowest BCUT2D eigenvalue weighted by Gasteiger charge is -2.09. The lowest BCUT2D eigenvalue weighted by Crippen LogP contribution is -1.98. The van der Waals surface area contributed by atoms with Crippen molar-refractivity contribution in [3.63, 3.8) is 0 Å². The van der Waals surface area contributed by atoms with Gasteiger partial charge in [0.05, 0.1) is 16.9 Å². The van der Waals surface area contributed by atoms with Crippen molar-refractivity contribution in [2.75, 3.05) is 0 Å². The average Bonchev–Trinajstić information content (AvgIpc) is 2.89. The molecule has 0 aliphatic carbocycles. The summed E-state index contributed by atoms with van der Waals surface area (Å²) in [5.41, 5.74) is 1.47. The Morgan fingerprint density at radius 1 is 1.00 bits per heavy atom. The molecule has 0 saturated heterocycles. The Labute approximate surface area is 119 Å². The summed E-state index contributed by atoms with van der Waals surface area (Å²) >= 11 is 12.1. The van der Waals surface area contributed by atoms with Crippen LogP contribution >= 0.6 is 23.2 Å². The van der Waals surface area contributed by atoms with Gasteiger partial charge >= 0.3 is 0 Å². The highest BCUT2D eigenvalue weighted by molar-refractivity contribution is 6.35. The molecule has 4 nitrogen and oxygen atoms in total. The van der Waals surface area contributed by atoms with Crippen molar-refractivity contribution in [3.05, 3.63) is 59.2 Å². The lowest BCUT2D eigenvalue weighted by atomic mass is 10.3. The highest BCUT2D eigenvalue weighted by Crippen LogP contribution is 2.27. The van der Waals surface area contributed by atoms with E-state index in [2.05, 4.69) is 15.0 Å². The highest BCUT2D eigenvalue weighted by atomic mass is 35.5. The molecule has 0 N–H and O–H groups in total. The zero-order valence-electron chi connectivity index (χ0n) is 9.66. The van der Waals surface area contributed by atoms with Gasteiger partial charge in [0.2, 0.25) is 0 Å². The van der Waals surface area contributed by atoms with Crippen LogP contribution in [0.25, 0.3) is 17.2 Å². The molecule has 6 heteroatoms. The molecule has 0 fully saturated rings. The first-order valence-electron chi connectivity index (χ1n) is 5.51. The molecule has 3 rings (SSSR count). The standard InChI is InChI=1S/C13H8Cl2N4/c14-9-1-2-12(10(15)7-9)19-6-5-18-13(19)11-8-16-3-4-17-11/h1-8H. The molecule has 0 aliphatic heterocycles. The maximum atomic E-state index is 6.21. The second-order valence-corrected chi connectivity index (χ2v) is 4.65. The number of hydrogen-bond donors (Lipinski definition) is 0. The first-order chi connectivity index (χ1) is 9.25. The molecule has 0 unspecified atom stereocenters. The number of imidazole rings is 1. The fraction of sp³-hybridized carbons (Fsp3) is 0. The van der Waals surface area contributed by atoms with E-state index in [4.69, 9.17) is 23.2 Å². The van der Waals surface area contributed by atoms with Crippen molar-refractivity contribution in [3.8, 4) is 17.2 Å². The van der Waals surface area contributed by atoms with E-state index in [1.807, 2.05) is 16.8 Å². The Kier molecular flexibility index (Phi) is 3.19. The number of aromatic nitrogens is 4. The monoisotopic (exact) mass is 290 g/mol. The molecule has 0 amide bonds. The van der Waals surface area contributed by atoms with Gasteiger partial charge in [0, 0.05) is 29.8 Å². The third kappa shape index (κ3) is 2.32. The first-order valence-corrected chi connectivity index (χ1v) is 6.26. The number of benzene rings is 1. The summed E-state index contributed by atoms with van der Waals surface area (Å²) in [4.78, 5) is 12.6. The zero-order valence-corrected chi connectivity index (χ0v) is 11.2. The first kappa shape index (κ1) is 12.1. The van der Waals surface area contributed by atoms with Crippen LogP contribution in [0.2, 0.25) is 10.0 Å². The Morgan fingerprint density at radius 3 is 2.63 bits per heavy atom. The second kappa shape index (κ2) is 4.99. The summed E-state index contributed by atoms with van der Waals surface area (Å²) in [6, 6.07) is 5.31. The lowest BCUT2D eigenvalue weighted by molar-refractivity contribution is 1.04. The summed E-state index contributed by atoms with van der Waals surface area (Å²) < 4.78 is 1.85. The normalized spacial score (nSPS) is 10.6. The topological polar surface area (TPSA) is 43.6 Å². The molecule has 0 saturated carbocycles. The summed E-state index contributed by atoms with van der Waals surface area (Å²) in [6.07, 6.45) is 8.40. The van der Waals surface area contributed by atoms with Gasteiger partial charge in [-0.05, 0) is 18.2 Å². The van der Waals surface area contributed by atoms with E-state index in [1.54, 1.807) is 36.9 Å². The molecule has 19 heavy (non-hydrogen) atoms. The van der Waals surface area contributed by atoms with Gasteiger partial charge in [0.1, 0.15) is 5.69 Å². The van der Waals surface area contributed by atoms with Crippen LogP contribution in [0.15, 0.2) is 49.2 Å². The predicted octanol–water partition coefficient (Wildman–Crippen LogP) is 3.64. The molecule has 2 heterocycles. The van der Waals surface area contributed by atoms with Gasteiger partial charge in [-0.2, -0.15) is 0 Å². The molecule has 0 aliphatic rings. The molecule has 0 atom stereocenters. The second-order valence-electron chi connectivity index (χ2n) is 3.81. The molecule has 0 radical (unpaired) electrons. The SMILES string of the molecule is Clc1ccc(-n2ccnc2-c2cnccn2)c(Cl)c1. The van der Waals surface area contributed by atoms with Crippen LogP contribution in [0.4, 0.5) is 0 Å². The highest BCUT2D eigenvalue weighted by Gasteiger charge is 2.11. The van der Waals surface area contributed by atoms with Gasteiger partial charge in [0.25, 0.3) is 0 Å². The quantitative estimate of drug-likeness (QED) is 0.724. The number of nitrogens with zero attached hydrogens (tertiary/aromatic N) is 4. The Bertz CT molecular complexity index is 710. The van der Waals surface area contributed by atoms with Crippen LogP contribution in [0, 0.1) is 0 Å². The Hall–Kier alpha value is -1.91. The maximum Gasteiger partial charge on any atom is 0.164 e. The van der Waals surface area contributed by atoms with Gasteiger partial charge in [-0.25, -0.2) is 9.97 Å². The maximum absolute atomic E-state index is 6.21. The Morgan fingerprint density at radius 2 is 1.89 bits per heavy atom. The largest absolute Gasteiger partial charge is 0.297 e. The molecular formula is C13H8Cl2N4. The summed E-state index contributed by atoms with van der Waals surface area (Å²) in [7, 11) is 0. The minimum absolute atomic E-state index is 0.552. The molecular weight excluding hydrogens is 283 g/mol. The third-order valence-corrected chi connectivity index (χ3v) is 3.14. The fourth-order valence-electron chi connectivity index (χ4n) is 1.78. The van der Waals surface area contributed by atoms with Crippen LogP contribution in [-0.2, 0) is 0 Å². The van der Waals surface area contributed by atoms with Crippen molar-refractivity contribution in [2.24, 2.45) is 0 Å². The van der Waals surface area contributed by atoms with E-state index in [-0.39, 0.29) is 0 Å². The van der Waals surface area contributed by atoms with Crippen LogP contribution in [0.3, 0.4) is 0 Å². The molecule has 3 aromatic rings.